The smallest absolute Gasteiger partial charge is 0.258 e. The second-order valence-corrected chi connectivity index (χ2v) is 8.48. The van der Waals surface area contributed by atoms with Crippen molar-refractivity contribution in [3.63, 3.8) is 0 Å². The lowest BCUT2D eigenvalue weighted by atomic mass is 9.94. The summed E-state index contributed by atoms with van der Waals surface area (Å²) < 4.78 is 24.3. The molecule has 1 aromatic heterocycles. The fourth-order valence-corrected chi connectivity index (χ4v) is 4.07. The van der Waals surface area contributed by atoms with Gasteiger partial charge in [-0.15, -0.1) is 0 Å². The van der Waals surface area contributed by atoms with Crippen LogP contribution in [0.1, 0.15) is 38.3 Å². The molecule has 0 fully saturated rings. The number of hydrogen-bond acceptors (Lipinski definition) is 5. The summed E-state index contributed by atoms with van der Waals surface area (Å²) >= 11 is 5.70. The Morgan fingerprint density at radius 1 is 1.16 bits per heavy atom. The molecule has 2 aromatic carbocycles. The molecule has 1 N–H and O–H groups in total. The molecule has 0 radical (unpaired) electrons. The maximum Gasteiger partial charge on any atom is 0.258 e. The zero-order chi connectivity index (χ0) is 22.8. The van der Waals surface area contributed by atoms with Crippen LogP contribution < -0.4 is 10.1 Å². The predicted octanol–water partition coefficient (Wildman–Crippen LogP) is 5.20. The largest absolute Gasteiger partial charge is 0.497 e. The molecule has 8 heteroatoms. The summed E-state index contributed by atoms with van der Waals surface area (Å²) in [5.74, 6) is 1.65. The summed E-state index contributed by atoms with van der Waals surface area (Å²) in [5.41, 5.74) is 3.48. The molecule has 32 heavy (non-hydrogen) atoms. The average Bonchev–Trinajstić information content (AvgIpc) is 3.26. The van der Waals surface area contributed by atoms with Crippen LogP contribution in [-0.2, 0) is 0 Å². The first-order chi connectivity index (χ1) is 15.4. The highest BCUT2D eigenvalue weighted by Crippen LogP contribution is 2.38. The van der Waals surface area contributed by atoms with Gasteiger partial charge >= 0.3 is 0 Å². The third-order valence-corrected chi connectivity index (χ3v) is 5.69. The van der Waals surface area contributed by atoms with E-state index in [0.717, 1.165) is 29.1 Å². The van der Waals surface area contributed by atoms with Gasteiger partial charge in [0, 0.05) is 17.8 Å². The fourth-order valence-electron chi connectivity index (χ4n) is 3.74. The van der Waals surface area contributed by atoms with E-state index < -0.39 is 0 Å². The van der Waals surface area contributed by atoms with Gasteiger partial charge in [-0.3, -0.25) is 0 Å². The van der Waals surface area contributed by atoms with E-state index in [-0.39, 0.29) is 11.9 Å². The number of allylic oxidation sites excluding steroid dienone is 1. The first-order valence-electron chi connectivity index (χ1n) is 10.4. The Bertz CT molecular complexity index is 1140. The van der Waals surface area contributed by atoms with Gasteiger partial charge in [0.1, 0.15) is 11.6 Å². The van der Waals surface area contributed by atoms with Crippen molar-refractivity contribution in [2.24, 2.45) is 5.92 Å². The molecule has 3 aromatic rings. The number of aromatic nitrogens is 2. The van der Waals surface area contributed by atoms with Gasteiger partial charge in [0.2, 0.25) is 5.82 Å². The minimum atomic E-state index is -0.315. The van der Waals surface area contributed by atoms with Crippen LogP contribution in [0.15, 0.2) is 58.8 Å². The molecule has 0 saturated heterocycles. The maximum absolute atomic E-state index is 13.3. The highest BCUT2D eigenvalue weighted by molar-refractivity contribution is 7.80. The Morgan fingerprint density at radius 3 is 2.47 bits per heavy atom. The van der Waals surface area contributed by atoms with Crippen LogP contribution in [0.2, 0.25) is 0 Å². The van der Waals surface area contributed by atoms with Crippen LogP contribution in [0, 0.1) is 11.7 Å². The van der Waals surface area contributed by atoms with Gasteiger partial charge in [-0.2, -0.15) is 4.98 Å². The van der Waals surface area contributed by atoms with E-state index in [1.54, 1.807) is 19.2 Å². The average molecular weight is 453 g/mol. The summed E-state index contributed by atoms with van der Waals surface area (Å²) in [4.78, 5) is 6.71. The highest BCUT2D eigenvalue weighted by atomic mass is 32.1. The molecule has 1 aliphatic rings. The number of halogens is 1. The lowest BCUT2D eigenvalue weighted by Gasteiger charge is -2.38. The van der Waals surface area contributed by atoms with E-state index in [0.29, 0.717) is 28.3 Å². The fraction of sp³-hybridized carbons (Fsp3) is 0.292. The Kier molecular flexibility index (Phi) is 6.23. The zero-order valence-electron chi connectivity index (χ0n) is 18.4. The Labute approximate surface area is 192 Å². The first-order valence-corrected chi connectivity index (χ1v) is 10.8. The monoisotopic (exact) mass is 452 g/mol. The molecule has 0 amide bonds. The predicted molar refractivity (Wildman–Crippen MR) is 125 cm³/mol. The van der Waals surface area contributed by atoms with Crippen molar-refractivity contribution in [1.82, 2.24) is 20.4 Å². The normalized spacial score (nSPS) is 16.5. The van der Waals surface area contributed by atoms with Gasteiger partial charge in [-0.05, 0) is 67.0 Å². The van der Waals surface area contributed by atoms with E-state index in [9.17, 15) is 4.39 Å². The quantitative estimate of drug-likeness (QED) is 0.516. The number of thiocarbonyl (C=S) groups is 1. The molecule has 6 nitrogen and oxygen atoms in total. The standard InChI is InChI=1S/C24H25FN4O2S/c1-14(2)13-29-15(3)20(21(26-24(29)32)16-7-11-19(30-4)12-8-16)23-27-22(28-31-23)17-5-9-18(25)10-6-17/h5-12,14,21H,13H2,1-4H3,(H,26,32). The molecule has 0 saturated carbocycles. The van der Waals surface area contributed by atoms with Crippen LogP contribution >= 0.6 is 12.2 Å². The molecular weight excluding hydrogens is 427 g/mol. The van der Waals surface area contributed by atoms with Gasteiger partial charge in [-0.25, -0.2) is 4.39 Å². The molecule has 0 aliphatic carbocycles. The van der Waals surface area contributed by atoms with Crippen molar-refractivity contribution in [2.45, 2.75) is 26.8 Å². The van der Waals surface area contributed by atoms with Gasteiger partial charge in [0.25, 0.3) is 5.89 Å². The number of ether oxygens (including phenoxy) is 1. The lowest BCUT2D eigenvalue weighted by molar-refractivity contribution is 0.385. The number of nitrogens with one attached hydrogen (secondary N) is 1. The van der Waals surface area contributed by atoms with Crippen LogP contribution in [-0.4, -0.2) is 33.8 Å². The van der Waals surface area contributed by atoms with E-state index in [2.05, 4.69) is 34.2 Å². The minimum Gasteiger partial charge on any atom is -0.497 e. The van der Waals surface area contributed by atoms with Crippen molar-refractivity contribution in [1.29, 1.82) is 0 Å². The van der Waals surface area contributed by atoms with Crippen LogP contribution in [0.4, 0.5) is 4.39 Å². The molecule has 2 heterocycles. The number of rotatable bonds is 6. The van der Waals surface area contributed by atoms with Crippen LogP contribution in [0.25, 0.3) is 17.0 Å². The number of methoxy groups -OCH3 is 1. The molecular formula is C24H25FN4O2S. The molecule has 1 aliphatic heterocycles. The molecule has 166 valence electrons. The first kappa shape index (κ1) is 22.0. The Balaban J connectivity index is 1.79. The van der Waals surface area contributed by atoms with E-state index in [4.69, 9.17) is 21.5 Å². The van der Waals surface area contributed by atoms with E-state index in [1.165, 1.54) is 12.1 Å². The summed E-state index contributed by atoms with van der Waals surface area (Å²) in [6.45, 7) is 7.06. The lowest BCUT2D eigenvalue weighted by Crippen LogP contribution is -2.47. The number of benzene rings is 2. The summed E-state index contributed by atoms with van der Waals surface area (Å²) in [6.07, 6.45) is 0. The van der Waals surface area contributed by atoms with E-state index in [1.807, 2.05) is 31.2 Å². The Morgan fingerprint density at radius 2 is 1.84 bits per heavy atom. The van der Waals surface area contributed by atoms with E-state index >= 15 is 0 Å². The van der Waals surface area contributed by atoms with Crippen molar-refractivity contribution in [3.05, 3.63) is 71.5 Å². The molecule has 1 atom stereocenters. The third-order valence-electron chi connectivity index (χ3n) is 5.35. The minimum absolute atomic E-state index is 0.265. The van der Waals surface area contributed by atoms with Crippen molar-refractivity contribution in [2.75, 3.05) is 13.7 Å². The van der Waals surface area contributed by atoms with Crippen molar-refractivity contribution in [3.8, 4) is 17.1 Å². The van der Waals surface area contributed by atoms with Crippen LogP contribution in [0.3, 0.4) is 0 Å². The SMILES string of the molecule is COc1ccc(C2NC(=S)N(CC(C)C)C(C)=C2c2nc(-c3ccc(F)cc3)no2)cc1. The second kappa shape index (κ2) is 9.08. The van der Waals surface area contributed by atoms with Gasteiger partial charge in [0.05, 0.1) is 18.7 Å². The maximum atomic E-state index is 13.3. The van der Waals surface area contributed by atoms with Crippen molar-refractivity contribution >= 4 is 22.9 Å². The van der Waals surface area contributed by atoms with Gasteiger partial charge < -0.3 is 19.5 Å². The summed E-state index contributed by atoms with van der Waals surface area (Å²) in [5, 5.41) is 8.24. The summed E-state index contributed by atoms with van der Waals surface area (Å²) in [7, 11) is 1.64. The topological polar surface area (TPSA) is 63.4 Å². The Hall–Kier alpha value is -3.26. The third kappa shape index (κ3) is 4.36. The summed E-state index contributed by atoms with van der Waals surface area (Å²) in [6, 6.07) is 13.5. The molecule has 0 spiro atoms. The van der Waals surface area contributed by atoms with Crippen molar-refractivity contribution < 1.29 is 13.7 Å². The molecule has 0 bridgehead atoms. The second-order valence-electron chi connectivity index (χ2n) is 8.09. The van der Waals surface area contributed by atoms with Crippen LogP contribution in [0.5, 0.6) is 5.75 Å². The zero-order valence-corrected chi connectivity index (χ0v) is 19.2. The number of hydrogen-bond donors (Lipinski definition) is 1. The van der Waals surface area contributed by atoms with Gasteiger partial charge in [-0.1, -0.05) is 31.1 Å². The molecule has 1 unspecified atom stereocenters. The van der Waals surface area contributed by atoms with Gasteiger partial charge in [0.15, 0.2) is 5.11 Å². The highest BCUT2D eigenvalue weighted by Gasteiger charge is 2.34. The number of nitrogens with zero attached hydrogens (tertiary/aromatic N) is 3. The molecule has 4 rings (SSSR count).